The average molecular weight is 217 g/mol. The highest BCUT2D eigenvalue weighted by atomic mass is 35.5. The highest BCUT2D eigenvalue weighted by molar-refractivity contribution is 6.07. The van der Waals surface area contributed by atoms with Gasteiger partial charge in [-0.05, 0) is 28.1 Å². The first kappa shape index (κ1) is 9.94. The Kier molecular flexibility index (Phi) is 2.33. The minimum absolute atomic E-state index is 0. The summed E-state index contributed by atoms with van der Waals surface area (Å²) in [6, 6.07) is 3.90. The molecule has 1 nitrogen and oxygen atoms in total. The summed E-state index contributed by atoms with van der Waals surface area (Å²) in [6.45, 7) is 0. The van der Waals surface area contributed by atoms with E-state index in [1.54, 1.807) is 6.08 Å². The molecule has 0 unspecified atom stereocenters. The third-order valence-electron chi connectivity index (χ3n) is 2.64. The van der Waals surface area contributed by atoms with Gasteiger partial charge in [-0.3, -0.25) is 4.79 Å². The number of carbonyl (C=O) groups excluding carboxylic acids is 1. The van der Waals surface area contributed by atoms with Crippen LogP contribution in [0.3, 0.4) is 0 Å². The summed E-state index contributed by atoms with van der Waals surface area (Å²) in [4.78, 5) is 11.5. The fraction of sp³-hybridized carbons (Fsp3) is 0. The van der Waals surface area contributed by atoms with Crippen LogP contribution in [0.2, 0.25) is 0 Å². The van der Waals surface area contributed by atoms with E-state index in [1.807, 2.05) is 30.4 Å². The number of hydrogen-bond acceptors (Lipinski definition) is 1. The largest absolute Gasteiger partial charge is 0.289 e. The molecule has 0 aliphatic heterocycles. The molecule has 0 heterocycles. The molecule has 0 fully saturated rings. The fourth-order valence-electron chi connectivity index (χ4n) is 1.95. The number of allylic oxidation sites excluding steroid dienone is 3. The number of hydrogen-bond donors (Lipinski definition) is 0. The molecule has 1 aromatic carbocycles. The molecule has 0 saturated carbocycles. The van der Waals surface area contributed by atoms with E-state index in [2.05, 4.69) is 12.2 Å². The van der Waals surface area contributed by atoms with Gasteiger partial charge in [0, 0.05) is 5.56 Å². The fourth-order valence-corrected chi connectivity index (χ4v) is 1.95. The summed E-state index contributed by atoms with van der Waals surface area (Å²) in [5, 5.41) is 2.22. The molecule has 15 heavy (non-hydrogen) atoms. The van der Waals surface area contributed by atoms with E-state index in [1.165, 1.54) is 10.8 Å². The third kappa shape index (κ3) is 1.36. The summed E-state index contributed by atoms with van der Waals surface area (Å²) < 4.78 is 0. The van der Waals surface area contributed by atoms with Crippen molar-refractivity contribution >= 4 is 36.4 Å². The smallest absolute Gasteiger partial charge is 0.186 e. The van der Waals surface area contributed by atoms with Gasteiger partial charge in [-0.1, -0.05) is 36.4 Å². The summed E-state index contributed by atoms with van der Waals surface area (Å²) >= 11 is 0. The maximum atomic E-state index is 11.5. The predicted molar refractivity (Wildman–Crippen MR) is 64.4 cm³/mol. The van der Waals surface area contributed by atoms with Crippen LogP contribution in [-0.2, 0) is 0 Å². The van der Waals surface area contributed by atoms with E-state index < -0.39 is 0 Å². The minimum atomic E-state index is 0. The zero-order valence-corrected chi connectivity index (χ0v) is 8.75. The van der Waals surface area contributed by atoms with Gasteiger partial charge in [0.2, 0.25) is 0 Å². The summed E-state index contributed by atoms with van der Waals surface area (Å²) in [7, 11) is 0. The highest BCUT2D eigenvalue weighted by Crippen LogP contribution is 2.05. The summed E-state index contributed by atoms with van der Waals surface area (Å²) in [5.74, 6) is 0.102. The van der Waals surface area contributed by atoms with Gasteiger partial charge in [0.05, 0.1) is 0 Å². The van der Waals surface area contributed by atoms with Crippen molar-refractivity contribution in [1.82, 2.24) is 0 Å². The molecule has 1 aromatic rings. The molecular weight excluding hydrogens is 208 g/mol. The van der Waals surface area contributed by atoms with Crippen molar-refractivity contribution < 1.29 is 4.79 Å². The second-order valence-electron chi connectivity index (χ2n) is 3.45. The van der Waals surface area contributed by atoms with Gasteiger partial charge < -0.3 is 0 Å². The Hall–Kier alpha value is -1.60. The van der Waals surface area contributed by atoms with Gasteiger partial charge >= 0.3 is 0 Å². The summed E-state index contributed by atoms with van der Waals surface area (Å²) in [6.07, 6.45) is 11.6. The first-order valence-electron chi connectivity index (χ1n) is 4.60. The van der Waals surface area contributed by atoms with E-state index in [-0.39, 0.29) is 18.2 Å². The Balaban J connectivity index is 0.000000853. The van der Waals surface area contributed by atoms with Crippen LogP contribution in [-0.4, -0.2) is 5.78 Å². The molecule has 74 valence electrons. The van der Waals surface area contributed by atoms with Crippen LogP contribution in [0.4, 0.5) is 0 Å². The Bertz CT molecular complexity index is 606. The third-order valence-corrected chi connectivity index (χ3v) is 2.64. The molecule has 0 atom stereocenters. The van der Waals surface area contributed by atoms with Gasteiger partial charge in [-0.15, -0.1) is 12.4 Å². The molecule has 2 aliphatic rings. The van der Waals surface area contributed by atoms with Crippen molar-refractivity contribution in [3.8, 4) is 0 Å². The number of carbonyl (C=O) groups is 1. The van der Waals surface area contributed by atoms with Gasteiger partial charge in [-0.25, -0.2) is 0 Å². The number of benzene rings is 1. The van der Waals surface area contributed by atoms with E-state index in [9.17, 15) is 4.79 Å². The number of rotatable bonds is 0. The van der Waals surface area contributed by atoms with Crippen molar-refractivity contribution in [1.29, 1.82) is 0 Å². The second-order valence-corrected chi connectivity index (χ2v) is 3.45. The van der Waals surface area contributed by atoms with Crippen LogP contribution >= 0.6 is 12.4 Å². The van der Waals surface area contributed by atoms with Gasteiger partial charge in [0.25, 0.3) is 0 Å². The lowest BCUT2D eigenvalue weighted by Gasteiger charge is -2.03. The Morgan fingerprint density at radius 2 is 1.60 bits per heavy atom. The van der Waals surface area contributed by atoms with Crippen molar-refractivity contribution in [2.45, 2.75) is 0 Å². The van der Waals surface area contributed by atoms with Gasteiger partial charge in [0.1, 0.15) is 0 Å². The first-order valence-corrected chi connectivity index (χ1v) is 4.60. The molecule has 3 rings (SSSR count). The molecule has 2 heteroatoms. The first-order chi connectivity index (χ1) is 6.86. The topological polar surface area (TPSA) is 17.1 Å². The Morgan fingerprint density at radius 1 is 0.867 bits per heavy atom. The Labute approximate surface area is 93.5 Å². The molecule has 0 spiro atoms. The molecule has 2 aliphatic carbocycles. The maximum absolute atomic E-state index is 11.5. The van der Waals surface area contributed by atoms with E-state index in [4.69, 9.17) is 0 Å². The predicted octanol–water partition coefficient (Wildman–Crippen LogP) is 1.45. The lowest BCUT2D eigenvalue weighted by molar-refractivity contribution is 0.104. The van der Waals surface area contributed by atoms with Gasteiger partial charge in [-0.2, -0.15) is 0 Å². The number of halogens is 1. The second kappa shape index (κ2) is 3.52. The number of ketones is 1. The highest BCUT2D eigenvalue weighted by Gasteiger charge is 2.09. The zero-order valence-electron chi connectivity index (χ0n) is 7.94. The van der Waals surface area contributed by atoms with E-state index in [0.29, 0.717) is 0 Å². The lowest BCUT2D eigenvalue weighted by Crippen LogP contribution is -2.32. The van der Waals surface area contributed by atoms with Crippen molar-refractivity contribution in [2.75, 3.05) is 0 Å². The molecule has 0 saturated heterocycles. The van der Waals surface area contributed by atoms with Crippen LogP contribution in [0.15, 0.2) is 30.4 Å². The monoisotopic (exact) mass is 216 g/mol. The van der Waals surface area contributed by atoms with Gasteiger partial charge in [0.15, 0.2) is 5.78 Å². The van der Waals surface area contributed by atoms with Crippen molar-refractivity contribution in [2.24, 2.45) is 0 Å². The average Bonchev–Trinajstić information content (AvgIpc) is 2.66. The quantitative estimate of drug-likeness (QED) is 0.642. The zero-order chi connectivity index (χ0) is 9.54. The van der Waals surface area contributed by atoms with Crippen molar-refractivity contribution in [3.05, 3.63) is 51.9 Å². The normalized spacial score (nSPS) is 14.8. The maximum Gasteiger partial charge on any atom is 0.186 e. The standard InChI is InChI=1S/C13H8O.ClH/c14-13-6-2-5-11-10-4-1-3-9(10)7-8-12(11)13;/h1-8H;1H. The van der Waals surface area contributed by atoms with Crippen LogP contribution < -0.4 is 10.4 Å². The van der Waals surface area contributed by atoms with E-state index >= 15 is 0 Å². The molecule has 0 radical (unpaired) electrons. The van der Waals surface area contributed by atoms with Crippen LogP contribution in [0.5, 0.6) is 0 Å². The van der Waals surface area contributed by atoms with Crippen LogP contribution in [0.1, 0.15) is 15.9 Å². The molecule has 0 aromatic heterocycles. The Morgan fingerprint density at radius 3 is 2.47 bits per heavy atom. The molecule has 0 bridgehead atoms. The summed E-state index contributed by atoms with van der Waals surface area (Å²) in [5.41, 5.74) is 2.01. The van der Waals surface area contributed by atoms with Crippen LogP contribution in [0, 0.1) is 0 Å². The van der Waals surface area contributed by atoms with E-state index in [0.717, 1.165) is 10.8 Å². The van der Waals surface area contributed by atoms with Crippen LogP contribution in [0.25, 0.3) is 18.2 Å². The molecule has 0 N–H and O–H groups in total. The molecule has 0 amide bonds. The van der Waals surface area contributed by atoms with Crippen molar-refractivity contribution in [3.63, 3.8) is 0 Å². The lowest BCUT2D eigenvalue weighted by atomic mass is 9.99. The molecular formula is C13H9ClO. The minimum Gasteiger partial charge on any atom is -0.289 e. The SMILES string of the molecule is Cl.O=C1C=CC=c2c1ccc1c2=CC=C1. The number of fused-ring (bicyclic) bond motifs is 3.